The van der Waals surface area contributed by atoms with E-state index in [0.29, 0.717) is 5.91 Å². The number of rotatable bonds is 5. The molecule has 2 aliphatic heterocycles. The lowest BCUT2D eigenvalue weighted by Crippen LogP contribution is -2.52. The molecule has 2 saturated heterocycles. The van der Waals surface area contributed by atoms with Gasteiger partial charge in [0.05, 0.1) is 11.6 Å². The number of amides is 1. The quantitative estimate of drug-likeness (QED) is 0.766. The predicted molar refractivity (Wildman–Crippen MR) is 120 cm³/mol. The van der Waals surface area contributed by atoms with Crippen LogP contribution in [0.5, 0.6) is 0 Å². The molecular formula is C24H31N5O. The van der Waals surface area contributed by atoms with Gasteiger partial charge in [0.15, 0.2) is 5.82 Å². The number of piperidine rings is 1. The minimum absolute atomic E-state index is 0.0615. The fraction of sp³-hybridized carbons (Fsp3) is 0.458. The van der Waals surface area contributed by atoms with E-state index < -0.39 is 0 Å². The summed E-state index contributed by atoms with van der Waals surface area (Å²) in [7, 11) is 0. The number of hydrogen-bond acceptors (Lipinski definition) is 5. The number of nitrogens with zero attached hydrogens (tertiary/aromatic N) is 5. The fourth-order valence-electron chi connectivity index (χ4n) is 4.26. The van der Waals surface area contributed by atoms with Crippen molar-refractivity contribution in [2.75, 3.05) is 50.7 Å². The molecule has 0 saturated carbocycles. The number of hydrogen-bond donors (Lipinski definition) is 0. The Bertz CT molecular complexity index is 844. The Hall–Kier alpha value is -2.73. The van der Waals surface area contributed by atoms with Gasteiger partial charge in [-0.3, -0.25) is 9.69 Å². The average Bonchev–Trinajstić information content (AvgIpc) is 2.80. The smallest absolute Gasteiger partial charge is 0.227 e. The Balaban J connectivity index is 1.25. The molecule has 30 heavy (non-hydrogen) atoms. The number of aromatic nitrogens is 2. The van der Waals surface area contributed by atoms with E-state index in [1.807, 2.05) is 25.1 Å². The van der Waals surface area contributed by atoms with Crippen molar-refractivity contribution in [1.29, 1.82) is 0 Å². The molecule has 1 aromatic carbocycles. The fourth-order valence-corrected chi connectivity index (χ4v) is 4.26. The van der Waals surface area contributed by atoms with Crippen molar-refractivity contribution >= 4 is 17.8 Å². The maximum Gasteiger partial charge on any atom is 0.227 e. The van der Waals surface area contributed by atoms with Crippen LogP contribution < -0.4 is 4.90 Å². The second-order valence-corrected chi connectivity index (χ2v) is 8.26. The summed E-state index contributed by atoms with van der Waals surface area (Å²) in [6, 6.07) is 14.4. The highest BCUT2D eigenvalue weighted by Crippen LogP contribution is 2.23. The van der Waals surface area contributed by atoms with Gasteiger partial charge in [-0.15, -0.1) is 5.10 Å². The summed E-state index contributed by atoms with van der Waals surface area (Å²) >= 11 is 0. The van der Waals surface area contributed by atoms with Crippen LogP contribution in [0.1, 0.15) is 24.1 Å². The van der Waals surface area contributed by atoms with E-state index in [4.69, 9.17) is 0 Å². The molecule has 2 aliphatic rings. The molecule has 1 unspecified atom stereocenters. The normalized spacial score (nSPS) is 20.6. The van der Waals surface area contributed by atoms with E-state index in [2.05, 4.69) is 61.3 Å². The monoisotopic (exact) mass is 405 g/mol. The van der Waals surface area contributed by atoms with Gasteiger partial charge in [0, 0.05) is 45.8 Å². The van der Waals surface area contributed by atoms with Crippen LogP contribution in [0.25, 0.3) is 6.08 Å². The van der Waals surface area contributed by atoms with Crippen LogP contribution in [0.15, 0.2) is 48.5 Å². The molecule has 6 heteroatoms. The molecule has 0 aliphatic carbocycles. The van der Waals surface area contributed by atoms with Crippen LogP contribution in [0, 0.1) is 12.8 Å². The predicted octanol–water partition coefficient (Wildman–Crippen LogP) is 2.86. The van der Waals surface area contributed by atoms with Crippen molar-refractivity contribution < 1.29 is 4.79 Å². The van der Waals surface area contributed by atoms with Crippen LogP contribution in [-0.4, -0.2) is 71.7 Å². The van der Waals surface area contributed by atoms with Crippen molar-refractivity contribution in [3.8, 4) is 0 Å². The highest BCUT2D eigenvalue weighted by atomic mass is 16.2. The van der Waals surface area contributed by atoms with E-state index in [-0.39, 0.29) is 5.92 Å². The topological polar surface area (TPSA) is 52.6 Å². The van der Waals surface area contributed by atoms with Gasteiger partial charge < -0.3 is 9.80 Å². The summed E-state index contributed by atoms with van der Waals surface area (Å²) < 4.78 is 0. The Morgan fingerprint density at radius 1 is 1.03 bits per heavy atom. The number of piperazine rings is 1. The zero-order valence-electron chi connectivity index (χ0n) is 17.8. The highest BCUT2D eigenvalue weighted by molar-refractivity contribution is 5.80. The van der Waals surface area contributed by atoms with Gasteiger partial charge in [0.1, 0.15) is 0 Å². The third-order valence-electron chi connectivity index (χ3n) is 6.04. The molecule has 0 spiro atoms. The van der Waals surface area contributed by atoms with Crippen LogP contribution in [0.2, 0.25) is 0 Å². The molecule has 2 fully saturated rings. The summed E-state index contributed by atoms with van der Waals surface area (Å²) in [5, 5.41) is 8.47. The SMILES string of the molecule is Cc1ccc(N2CCCC(C(=O)N3CCN(C/C=C/c4ccccc4)CC3)C2)nn1. The number of carbonyl (C=O) groups is 1. The molecule has 0 N–H and O–H groups in total. The first-order chi connectivity index (χ1) is 14.7. The first-order valence-corrected chi connectivity index (χ1v) is 11.0. The van der Waals surface area contributed by atoms with Gasteiger partial charge in [-0.25, -0.2) is 0 Å². The number of anilines is 1. The van der Waals surface area contributed by atoms with E-state index in [1.165, 1.54) is 5.56 Å². The van der Waals surface area contributed by atoms with Gasteiger partial charge in [0.25, 0.3) is 0 Å². The second kappa shape index (κ2) is 9.85. The molecular weight excluding hydrogens is 374 g/mol. The van der Waals surface area contributed by atoms with Gasteiger partial charge >= 0.3 is 0 Å². The Labute approximate surface area is 179 Å². The average molecular weight is 406 g/mol. The minimum Gasteiger partial charge on any atom is -0.354 e. The molecule has 1 amide bonds. The third kappa shape index (κ3) is 5.25. The van der Waals surface area contributed by atoms with Crippen LogP contribution >= 0.6 is 0 Å². The molecule has 0 bridgehead atoms. The van der Waals surface area contributed by atoms with Crippen molar-refractivity contribution in [3.05, 3.63) is 59.8 Å². The largest absolute Gasteiger partial charge is 0.354 e. The van der Waals surface area contributed by atoms with E-state index in [0.717, 1.165) is 70.2 Å². The van der Waals surface area contributed by atoms with E-state index >= 15 is 0 Å². The lowest BCUT2D eigenvalue weighted by molar-refractivity contribution is -0.137. The van der Waals surface area contributed by atoms with Crippen molar-refractivity contribution in [1.82, 2.24) is 20.0 Å². The van der Waals surface area contributed by atoms with Gasteiger partial charge in [-0.05, 0) is 37.5 Å². The standard InChI is InChI=1S/C24H31N5O/c1-20-11-12-23(26-25-20)29-14-6-10-22(19-29)24(30)28-17-15-27(16-18-28)13-5-9-21-7-3-2-4-8-21/h2-5,7-9,11-12,22H,6,10,13-19H2,1H3/b9-5+. The minimum atomic E-state index is 0.0615. The summed E-state index contributed by atoms with van der Waals surface area (Å²) in [4.78, 5) is 19.8. The number of aryl methyl sites for hydroxylation is 1. The number of carbonyl (C=O) groups excluding carboxylic acids is 1. The molecule has 6 nitrogen and oxygen atoms in total. The maximum absolute atomic E-state index is 13.1. The first kappa shape index (κ1) is 20.5. The molecule has 1 aromatic heterocycles. The lowest BCUT2D eigenvalue weighted by Gasteiger charge is -2.39. The Morgan fingerprint density at radius 2 is 1.83 bits per heavy atom. The van der Waals surface area contributed by atoms with E-state index in [1.54, 1.807) is 0 Å². The molecule has 3 heterocycles. The first-order valence-electron chi connectivity index (χ1n) is 11.0. The van der Waals surface area contributed by atoms with Crippen LogP contribution in [-0.2, 0) is 4.79 Å². The summed E-state index contributed by atoms with van der Waals surface area (Å²) in [5.74, 6) is 1.25. The zero-order valence-corrected chi connectivity index (χ0v) is 17.8. The van der Waals surface area contributed by atoms with Crippen molar-refractivity contribution in [2.24, 2.45) is 5.92 Å². The van der Waals surface area contributed by atoms with Crippen LogP contribution in [0.3, 0.4) is 0 Å². The molecule has 0 radical (unpaired) electrons. The Morgan fingerprint density at radius 3 is 2.57 bits per heavy atom. The highest BCUT2D eigenvalue weighted by Gasteiger charge is 2.31. The molecule has 1 atom stereocenters. The van der Waals surface area contributed by atoms with Crippen molar-refractivity contribution in [3.63, 3.8) is 0 Å². The molecule has 158 valence electrons. The summed E-state index contributed by atoms with van der Waals surface area (Å²) in [5.41, 5.74) is 2.14. The zero-order chi connectivity index (χ0) is 20.8. The van der Waals surface area contributed by atoms with Crippen molar-refractivity contribution in [2.45, 2.75) is 19.8 Å². The summed E-state index contributed by atoms with van der Waals surface area (Å²) in [6.07, 6.45) is 6.38. The Kier molecular flexibility index (Phi) is 6.74. The van der Waals surface area contributed by atoms with Gasteiger partial charge in [-0.1, -0.05) is 42.5 Å². The molecule has 4 rings (SSSR count). The van der Waals surface area contributed by atoms with Gasteiger partial charge in [-0.2, -0.15) is 5.10 Å². The van der Waals surface area contributed by atoms with Crippen LogP contribution in [0.4, 0.5) is 5.82 Å². The van der Waals surface area contributed by atoms with E-state index in [9.17, 15) is 4.79 Å². The maximum atomic E-state index is 13.1. The molecule has 2 aromatic rings. The summed E-state index contributed by atoms with van der Waals surface area (Å²) in [6.45, 7) is 8.07. The lowest BCUT2D eigenvalue weighted by atomic mass is 9.96. The van der Waals surface area contributed by atoms with Gasteiger partial charge in [0.2, 0.25) is 5.91 Å². The number of benzene rings is 1. The third-order valence-corrected chi connectivity index (χ3v) is 6.04. The second-order valence-electron chi connectivity index (χ2n) is 8.26.